The molecule has 3 fully saturated rings. The maximum atomic E-state index is 12.6. The lowest BCUT2D eigenvalue weighted by Crippen LogP contribution is -2.47. The summed E-state index contributed by atoms with van der Waals surface area (Å²) in [6, 6.07) is 0. The van der Waals surface area contributed by atoms with E-state index in [4.69, 9.17) is 0 Å². The lowest BCUT2D eigenvalue weighted by Gasteiger charge is -2.31. The molecule has 1 saturated carbocycles. The third-order valence-electron chi connectivity index (χ3n) is 4.61. The Labute approximate surface area is 108 Å². The van der Waals surface area contributed by atoms with E-state index >= 15 is 0 Å². The average Bonchev–Trinajstić information content (AvgIpc) is 3.05. The fourth-order valence-corrected chi connectivity index (χ4v) is 3.27. The molecule has 2 saturated heterocycles. The number of carbonyl (C=O) groups excluding carboxylic acids is 2. The summed E-state index contributed by atoms with van der Waals surface area (Å²) in [6.45, 7) is 3.42. The van der Waals surface area contributed by atoms with Crippen LogP contribution in [0.15, 0.2) is 0 Å². The maximum Gasteiger partial charge on any atom is 0.238 e. The molecule has 2 amide bonds. The van der Waals surface area contributed by atoms with Gasteiger partial charge in [-0.3, -0.25) is 9.59 Å². The van der Waals surface area contributed by atoms with Crippen molar-refractivity contribution >= 4 is 11.8 Å². The minimum atomic E-state index is -0.637. The van der Waals surface area contributed by atoms with Gasteiger partial charge in [-0.1, -0.05) is 0 Å². The summed E-state index contributed by atoms with van der Waals surface area (Å²) in [5, 5.41) is 0. The molecule has 1 aliphatic carbocycles. The maximum absolute atomic E-state index is 12.6. The lowest BCUT2D eigenvalue weighted by atomic mass is 10.0. The van der Waals surface area contributed by atoms with Gasteiger partial charge in [0.05, 0.1) is 0 Å². The van der Waals surface area contributed by atoms with Crippen LogP contribution in [0.1, 0.15) is 44.9 Å². The Balaban J connectivity index is 1.69. The number of hydrogen-bond acceptors (Lipinski definition) is 2. The largest absolute Gasteiger partial charge is 0.342 e. The summed E-state index contributed by atoms with van der Waals surface area (Å²) in [5.74, 6) is 0.245. The molecule has 0 radical (unpaired) electrons. The van der Waals surface area contributed by atoms with Gasteiger partial charge in [0, 0.05) is 26.2 Å². The van der Waals surface area contributed by atoms with Gasteiger partial charge in [0.2, 0.25) is 11.8 Å². The van der Waals surface area contributed by atoms with E-state index in [1.165, 1.54) is 6.42 Å². The van der Waals surface area contributed by atoms with Crippen molar-refractivity contribution in [3.8, 4) is 0 Å². The second kappa shape index (κ2) is 4.56. The molecule has 3 rings (SSSR count). The molecule has 0 spiro atoms. The minimum Gasteiger partial charge on any atom is -0.342 e. The van der Waals surface area contributed by atoms with E-state index < -0.39 is 5.41 Å². The van der Waals surface area contributed by atoms with E-state index in [1.54, 1.807) is 0 Å². The fourth-order valence-electron chi connectivity index (χ4n) is 3.27. The first-order chi connectivity index (χ1) is 8.74. The predicted octanol–water partition coefficient (Wildman–Crippen LogP) is 1.40. The van der Waals surface area contributed by atoms with E-state index in [-0.39, 0.29) is 11.8 Å². The molecule has 18 heavy (non-hydrogen) atoms. The van der Waals surface area contributed by atoms with Gasteiger partial charge in [-0.2, -0.15) is 0 Å². The lowest BCUT2D eigenvalue weighted by molar-refractivity contribution is -0.149. The summed E-state index contributed by atoms with van der Waals surface area (Å²) in [4.78, 5) is 28.9. The van der Waals surface area contributed by atoms with Crippen LogP contribution in [0.4, 0.5) is 0 Å². The second-order valence-corrected chi connectivity index (χ2v) is 5.93. The zero-order chi connectivity index (χ0) is 12.6. The Bertz CT molecular complexity index is 351. The summed E-state index contributed by atoms with van der Waals surface area (Å²) >= 11 is 0. The average molecular weight is 250 g/mol. The van der Waals surface area contributed by atoms with Crippen molar-refractivity contribution in [3.63, 3.8) is 0 Å². The van der Waals surface area contributed by atoms with Crippen molar-refractivity contribution in [2.45, 2.75) is 44.9 Å². The zero-order valence-electron chi connectivity index (χ0n) is 11.0. The zero-order valence-corrected chi connectivity index (χ0v) is 11.0. The van der Waals surface area contributed by atoms with E-state index in [0.29, 0.717) is 0 Å². The Morgan fingerprint density at radius 1 is 0.667 bits per heavy atom. The number of nitrogens with zero attached hydrogens (tertiary/aromatic N) is 2. The summed E-state index contributed by atoms with van der Waals surface area (Å²) in [5.41, 5.74) is -0.637. The Morgan fingerprint density at radius 3 is 1.44 bits per heavy atom. The highest BCUT2D eigenvalue weighted by molar-refractivity contribution is 6.07. The SMILES string of the molecule is O=C(N1CCCCC1)C1(C(=O)N2CCCC2)CC1. The molecule has 4 heteroatoms. The molecule has 4 nitrogen and oxygen atoms in total. The number of rotatable bonds is 2. The van der Waals surface area contributed by atoms with Crippen LogP contribution < -0.4 is 0 Å². The molecule has 0 bridgehead atoms. The molecular formula is C14H22N2O2. The summed E-state index contributed by atoms with van der Waals surface area (Å²) < 4.78 is 0. The molecule has 100 valence electrons. The molecular weight excluding hydrogens is 228 g/mol. The van der Waals surface area contributed by atoms with Crippen LogP contribution in [-0.4, -0.2) is 47.8 Å². The van der Waals surface area contributed by atoms with Crippen LogP contribution in [0.2, 0.25) is 0 Å². The van der Waals surface area contributed by atoms with Crippen LogP contribution in [0, 0.1) is 5.41 Å². The van der Waals surface area contributed by atoms with E-state index in [0.717, 1.165) is 64.7 Å². The quantitative estimate of drug-likeness (QED) is 0.695. The number of piperidine rings is 1. The predicted molar refractivity (Wildman–Crippen MR) is 67.9 cm³/mol. The summed E-state index contributed by atoms with van der Waals surface area (Å²) in [7, 11) is 0. The third-order valence-corrected chi connectivity index (χ3v) is 4.61. The van der Waals surface area contributed by atoms with Crippen LogP contribution in [0.25, 0.3) is 0 Å². The second-order valence-electron chi connectivity index (χ2n) is 5.93. The first-order valence-electron chi connectivity index (χ1n) is 7.33. The van der Waals surface area contributed by atoms with Crippen molar-refractivity contribution in [1.29, 1.82) is 0 Å². The molecule has 0 unspecified atom stereocenters. The van der Waals surface area contributed by atoms with E-state index in [2.05, 4.69) is 0 Å². The van der Waals surface area contributed by atoms with E-state index in [1.807, 2.05) is 9.80 Å². The highest BCUT2D eigenvalue weighted by atomic mass is 16.2. The molecule has 0 aromatic carbocycles. The van der Waals surface area contributed by atoms with Gasteiger partial charge in [-0.05, 0) is 44.9 Å². The smallest absolute Gasteiger partial charge is 0.238 e. The molecule has 0 atom stereocenters. The molecule has 2 heterocycles. The van der Waals surface area contributed by atoms with Crippen LogP contribution >= 0.6 is 0 Å². The fraction of sp³-hybridized carbons (Fsp3) is 0.857. The van der Waals surface area contributed by atoms with Gasteiger partial charge in [0.15, 0.2) is 0 Å². The van der Waals surface area contributed by atoms with Crippen molar-refractivity contribution in [2.75, 3.05) is 26.2 Å². The molecule has 3 aliphatic rings. The Kier molecular flexibility index (Phi) is 3.04. The Morgan fingerprint density at radius 2 is 1.06 bits per heavy atom. The number of hydrogen-bond donors (Lipinski definition) is 0. The summed E-state index contributed by atoms with van der Waals surface area (Å²) in [6.07, 6.45) is 7.16. The van der Waals surface area contributed by atoms with Crippen LogP contribution in [-0.2, 0) is 9.59 Å². The van der Waals surface area contributed by atoms with Crippen molar-refractivity contribution in [3.05, 3.63) is 0 Å². The molecule has 0 N–H and O–H groups in total. The van der Waals surface area contributed by atoms with Gasteiger partial charge in [0.25, 0.3) is 0 Å². The topological polar surface area (TPSA) is 40.6 Å². The number of amides is 2. The normalized spacial score (nSPS) is 26.2. The third kappa shape index (κ3) is 1.91. The van der Waals surface area contributed by atoms with Crippen LogP contribution in [0.3, 0.4) is 0 Å². The highest BCUT2D eigenvalue weighted by Gasteiger charge is 2.59. The number of carbonyl (C=O) groups is 2. The van der Waals surface area contributed by atoms with Crippen LogP contribution in [0.5, 0.6) is 0 Å². The van der Waals surface area contributed by atoms with Crippen molar-refractivity contribution in [2.24, 2.45) is 5.41 Å². The molecule has 0 aromatic heterocycles. The van der Waals surface area contributed by atoms with Gasteiger partial charge >= 0.3 is 0 Å². The highest BCUT2D eigenvalue weighted by Crippen LogP contribution is 2.49. The first kappa shape index (κ1) is 12.0. The van der Waals surface area contributed by atoms with Gasteiger partial charge < -0.3 is 9.80 Å². The van der Waals surface area contributed by atoms with Gasteiger partial charge in [-0.15, -0.1) is 0 Å². The van der Waals surface area contributed by atoms with Crippen molar-refractivity contribution in [1.82, 2.24) is 9.80 Å². The van der Waals surface area contributed by atoms with Crippen molar-refractivity contribution < 1.29 is 9.59 Å². The standard InChI is InChI=1S/C14H22N2O2/c17-12(15-8-2-1-3-9-15)14(6-7-14)13(18)16-10-4-5-11-16/h1-11H2. The monoisotopic (exact) mass is 250 g/mol. The van der Waals surface area contributed by atoms with Gasteiger partial charge in [0.1, 0.15) is 5.41 Å². The minimum absolute atomic E-state index is 0.121. The Hall–Kier alpha value is -1.06. The van der Waals surface area contributed by atoms with E-state index in [9.17, 15) is 9.59 Å². The molecule has 2 aliphatic heterocycles. The first-order valence-corrected chi connectivity index (χ1v) is 7.33. The van der Waals surface area contributed by atoms with Gasteiger partial charge in [-0.25, -0.2) is 0 Å². The molecule has 0 aromatic rings. The number of likely N-dealkylation sites (tertiary alicyclic amines) is 2.